The molecule has 1 N–H and O–H groups in total. The van der Waals surface area contributed by atoms with Gasteiger partial charge in [0.25, 0.3) is 5.91 Å². The first-order valence-corrected chi connectivity index (χ1v) is 10.5. The molecular formula is C21H30N4O3. The first kappa shape index (κ1) is 19.3. The summed E-state index contributed by atoms with van der Waals surface area (Å²) in [6.45, 7) is 5.05. The standard InChI is InChI=1S/C21H30N4O3/c1-15-19(6-3-9-22-15)21(27)23-12-18-13-25(20(26)14-28-18)17-7-10-24(11-8-17)16-4-2-5-16/h3,6,9,16-18H,2,4-5,7-8,10-14H2,1H3,(H,23,27)/t18-/m0/s1. The number of carbonyl (C=O) groups excluding carboxylic acids is 2. The van der Waals surface area contributed by atoms with Gasteiger partial charge in [0.05, 0.1) is 11.7 Å². The minimum atomic E-state index is -0.164. The van der Waals surface area contributed by atoms with Crippen LogP contribution in [0.2, 0.25) is 0 Å². The highest BCUT2D eigenvalue weighted by Crippen LogP contribution is 2.29. The first-order chi connectivity index (χ1) is 13.6. The summed E-state index contributed by atoms with van der Waals surface area (Å²) in [5.74, 6) is -0.0702. The molecule has 7 nitrogen and oxygen atoms in total. The van der Waals surface area contributed by atoms with Gasteiger partial charge in [0.2, 0.25) is 5.91 Å². The molecule has 2 amide bonds. The number of ether oxygens (including phenoxy) is 1. The van der Waals surface area contributed by atoms with E-state index in [2.05, 4.69) is 15.2 Å². The summed E-state index contributed by atoms with van der Waals surface area (Å²) in [5.41, 5.74) is 1.29. The molecule has 7 heteroatoms. The van der Waals surface area contributed by atoms with Crippen molar-refractivity contribution in [3.05, 3.63) is 29.6 Å². The van der Waals surface area contributed by atoms with Crippen LogP contribution < -0.4 is 5.32 Å². The second-order valence-electron chi connectivity index (χ2n) is 8.18. The highest BCUT2D eigenvalue weighted by Gasteiger charge is 2.35. The lowest BCUT2D eigenvalue weighted by Gasteiger charge is -2.45. The quantitative estimate of drug-likeness (QED) is 0.827. The Morgan fingerprint density at radius 2 is 2.04 bits per heavy atom. The van der Waals surface area contributed by atoms with E-state index in [9.17, 15) is 9.59 Å². The van der Waals surface area contributed by atoms with E-state index in [1.54, 1.807) is 18.3 Å². The number of carbonyl (C=O) groups is 2. The van der Waals surface area contributed by atoms with Gasteiger partial charge in [0.15, 0.2) is 0 Å². The zero-order chi connectivity index (χ0) is 19.5. The number of aryl methyl sites for hydroxylation is 1. The lowest BCUT2D eigenvalue weighted by atomic mass is 9.89. The predicted octanol–water partition coefficient (Wildman–Crippen LogP) is 1.36. The molecule has 0 bridgehead atoms. The van der Waals surface area contributed by atoms with E-state index in [4.69, 9.17) is 4.74 Å². The Morgan fingerprint density at radius 1 is 1.25 bits per heavy atom. The molecule has 1 aromatic rings. The smallest absolute Gasteiger partial charge is 0.253 e. The van der Waals surface area contributed by atoms with Crippen molar-refractivity contribution in [2.75, 3.05) is 32.8 Å². The van der Waals surface area contributed by atoms with Gasteiger partial charge in [0, 0.05) is 50.2 Å². The summed E-state index contributed by atoms with van der Waals surface area (Å²) in [4.78, 5) is 33.6. The van der Waals surface area contributed by atoms with Crippen LogP contribution >= 0.6 is 0 Å². The number of nitrogens with zero attached hydrogens (tertiary/aromatic N) is 3. The van der Waals surface area contributed by atoms with Crippen LogP contribution in [0, 0.1) is 6.92 Å². The van der Waals surface area contributed by atoms with Crippen LogP contribution in [0.15, 0.2) is 18.3 Å². The van der Waals surface area contributed by atoms with Gasteiger partial charge in [-0.3, -0.25) is 14.6 Å². The van der Waals surface area contributed by atoms with E-state index in [1.807, 2.05) is 11.8 Å². The van der Waals surface area contributed by atoms with E-state index < -0.39 is 0 Å². The Morgan fingerprint density at radius 3 is 2.71 bits per heavy atom. The van der Waals surface area contributed by atoms with Crippen molar-refractivity contribution >= 4 is 11.8 Å². The number of morpholine rings is 1. The van der Waals surface area contributed by atoms with Gasteiger partial charge in [-0.05, 0) is 44.7 Å². The van der Waals surface area contributed by atoms with Crippen molar-refractivity contribution in [1.82, 2.24) is 20.1 Å². The molecule has 1 aliphatic carbocycles. The van der Waals surface area contributed by atoms with Crippen molar-refractivity contribution in [2.45, 2.75) is 57.2 Å². The van der Waals surface area contributed by atoms with Gasteiger partial charge in [-0.1, -0.05) is 6.42 Å². The third kappa shape index (κ3) is 4.20. The maximum Gasteiger partial charge on any atom is 0.253 e. The van der Waals surface area contributed by atoms with E-state index in [-0.39, 0.29) is 24.5 Å². The van der Waals surface area contributed by atoms with Crippen molar-refractivity contribution in [2.24, 2.45) is 0 Å². The molecule has 4 rings (SSSR count). The molecule has 2 aliphatic heterocycles. The number of piperidine rings is 1. The number of nitrogens with one attached hydrogen (secondary N) is 1. The minimum absolute atomic E-state index is 0.0766. The number of pyridine rings is 1. The van der Waals surface area contributed by atoms with Crippen LogP contribution in [-0.2, 0) is 9.53 Å². The van der Waals surface area contributed by atoms with Gasteiger partial charge >= 0.3 is 0 Å². The average molecular weight is 386 g/mol. The summed E-state index contributed by atoms with van der Waals surface area (Å²) in [7, 11) is 0. The van der Waals surface area contributed by atoms with Crippen LogP contribution in [0.4, 0.5) is 0 Å². The maximum absolute atomic E-state index is 12.4. The van der Waals surface area contributed by atoms with Gasteiger partial charge in [0.1, 0.15) is 6.61 Å². The molecule has 28 heavy (non-hydrogen) atoms. The lowest BCUT2D eigenvalue weighted by Crippen LogP contribution is -2.57. The molecule has 0 radical (unpaired) electrons. The molecule has 152 valence electrons. The Balaban J connectivity index is 1.28. The highest BCUT2D eigenvalue weighted by molar-refractivity contribution is 5.95. The Kier molecular flexibility index (Phi) is 5.92. The molecule has 1 saturated carbocycles. The Bertz CT molecular complexity index is 713. The molecule has 0 aromatic carbocycles. The third-order valence-corrected chi connectivity index (χ3v) is 6.44. The fourth-order valence-electron chi connectivity index (χ4n) is 4.46. The van der Waals surface area contributed by atoms with Crippen LogP contribution in [0.25, 0.3) is 0 Å². The normalized spacial score (nSPS) is 24.8. The zero-order valence-corrected chi connectivity index (χ0v) is 16.6. The summed E-state index contributed by atoms with van der Waals surface area (Å²) in [5, 5.41) is 2.93. The molecule has 0 spiro atoms. The zero-order valence-electron chi connectivity index (χ0n) is 16.6. The number of hydrogen-bond acceptors (Lipinski definition) is 5. The highest BCUT2D eigenvalue weighted by atomic mass is 16.5. The number of hydrogen-bond donors (Lipinski definition) is 1. The molecule has 3 aliphatic rings. The van der Waals surface area contributed by atoms with Crippen molar-refractivity contribution in [3.63, 3.8) is 0 Å². The fourth-order valence-corrected chi connectivity index (χ4v) is 4.46. The van der Waals surface area contributed by atoms with Crippen LogP contribution in [0.5, 0.6) is 0 Å². The summed E-state index contributed by atoms with van der Waals surface area (Å²) < 4.78 is 5.68. The monoisotopic (exact) mass is 386 g/mol. The Hall–Kier alpha value is -1.99. The second-order valence-corrected chi connectivity index (χ2v) is 8.18. The second kappa shape index (κ2) is 8.57. The van der Waals surface area contributed by atoms with E-state index in [0.29, 0.717) is 30.4 Å². The number of rotatable bonds is 5. The molecule has 3 fully saturated rings. The molecule has 1 atom stereocenters. The van der Waals surface area contributed by atoms with Crippen molar-refractivity contribution in [3.8, 4) is 0 Å². The maximum atomic E-state index is 12.4. The largest absolute Gasteiger partial charge is 0.365 e. The molecule has 3 heterocycles. The van der Waals surface area contributed by atoms with E-state index in [1.165, 1.54) is 19.3 Å². The van der Waals surface area contributed by atoms with Crippen LogP contribution in [0.1, 0.15) is 48.2 Å². The molecular weight excluding hydrogens is 356 g/mol. The molecule has 2 saturated heterocycles. The van der Waals surface area contributed by atoms with Crippen molar-refractivity contribution in [1.29, 1.82) is 0 Å². The summed E-state index contributed by atoms with van der Waals surface area (Å²) in [6.07, 6.45) is 7.61. The van der Waals surface area contributed by atoms with E-state index in [0.717, 1.165) is 32.0 Å². The summed E-state index contributed by atoms with van der Waals surface area (Å²) in [6, 6.07) is 4.60. The van der Waals surface area contributed by atoms with Crippen LogP contribution in [0.3, 0.4) is 0 Å². The molecule has 1 aromatic heterocycles. The average Bonchev–Trinajstić information content (AvgIpc) is 2.67. The van der Waals surface area contributed by atoms with Gasteiger partial charge in [-0.15, -0.1) is 0 Å². The fraction of sp³-hybridized carbons (Fsp3) is 0.667. The predicted molar refractivity (Wildman–Crippen MR) is 105 cm³/mol. The Labute approximate surface area is 166 Å². The van der Waals surface area contributed by atoms with Crippen LogP contribution in [-0.4, -0.2) is 77.6 Å². The SMILES string of the molecule is Cc1ncccc1C(=O)NC[C@H]1CN(C2CCN(C3CCC3)CC2)C(=O)CO1. The third-order valence-electron chi connectivity index (χ3n) is 6.44. The first-order valence-electron chi connectivity index (χ1n) is 10.5. The van der Waals surface area contributed by atoms with Gasteiger partial charge in [-0.25, -0.2) is 0 Å². The number of aromatic nitrogens is 1. The topological polar surface area (TPSA) is 74.8 Å². The van der Waals surface area contributed by atoms with E-state index >= 15 is 0 Å². The number of likely N-dealkylation sites (tertiary alicyclic amines) is 1. The summed E-state index contributed by atoms with van der Waals surface area (Å²) >= 11 is 0. The molecule has 0 unspecified atom stereocenters. The van der Waals surface area contributed by atoms with Gasteiger partial charge in [-0.2, -0.15) is 0 Å². The minimum Gasteiger partial charge on any atom is -0.365 e. The van der Waals surface area contributed by atoms with Gasteiger partial charge < -0.3 is 19.9 Å². The van der Waals surface area contributed by atoms with Crippen molar-refractivity contribution < 1.29 is 14.3 Å². The lowest BCUT2D eigenvalue weighted by molar-refractivity contribution is -0.153. The number of amides is 2.